The minimum absolute atomic E-state index is 0. The highest BCUT2D eigenvalue weighted by atomic mass is 127. The number of aliphatic imine (C=N–C) groups is 1. The molecule has 0 aromatic carbocycles. The van der Waals surface area contributed by atoms with E-state index in [1.807, 2.05) is 26.0 Å². The van der Waals surface area contributed by atoms with Crippen LogP contribution in [0.5, 0.6) is 5.88 Å². The predicted octanol–water partition coefficient (Wildman–Crippen LogP) is 2.58. The number of aromatic nitrogens is 1. The van der Waals surface area contributed by atoms with Crippen molar-refractivity contribution < 1.29 is 9.47 Å². The van der Waals surface area contributed by atoms with Gasteiger partial charge in [0.05, 0.1) is 19.8 Å². The van der Waals surface area contributed by atoms with Crippen molar-refractivity contribution in [3.63, 3.8) is 0 Å². The number of hydrogen-bond donors (Lipinski definition) is 2. The Morgan fingerprint density at radius 3 is 2.74 bits per heavy atom. The number of rotatable bonds is 10. The summed E-state index contributed by atoms with van der Waals surface area (Å²) in [6, 6.07) is 3.89. The maximum Gasteiger partial charge on any atom is 0.218 e. The summed E-state index contributed by atoms with van der Waals surface area (Å²) in [5, 5.41) is 6.46. The first-order valence-electron chi connectivity index (χ1n) is 7.98. The van der Waals surface area contributed by atoms with Crippen molar-refractivity contribution in [2.45, 2.75) is 33.7 Å². The maximum absolute atomic E-state index is 5.65. The second-order valence-corrected chi connectivity index (χ2v) is 4.64. The molecule has 0 amide bonds. The molecule has 0 saturated carbocycles. The normalized spacial score (nSPS) is 10.8. The van der Waals surface area contributed by atoms with Gasteiger partial charge in [-0.25, -0.2) is 9.98 Å². The Morgan fingerprint density at radius 2 is 2.04 bits per heavy atom. The third-order valence-corrected chi connectivity index (χ3v) is 2.79. The van der Waals surface area contributed by atoms with Crippen molar-refractivity contribution >= 4 is 29.9 Å². The quantitative estimate of drug-likeness (QED) is 0.256. The van der Waals surface area contributed by atoms with Gasteiger partial charge in [0.25, 0.3) is 0 Å². The lowest BCUT2D eigenvalue weighted by Gasteiger charge is -2.12. The van der Waals surface area contributed by atoms with Gasteiger partial charge in [0.2, 0.25) is 5.88 Å². The van der Waals surface area contributed by atoms with Crippen LogP contribution in [-0.2, 0) is 11.3 Å². The fraction of sp³-hybridized carbons (Fsp3) is 0.625. The smallest absolute Gasteiger partial charge is 0.218 e. The van der Waals surface area contributed by atoms with Gasteiger partial charge in [0.1, 0.15) is 0 Å². The van der Waals surface area contributed by atoms with Crippen LogP contribution in [0.4, 0.5) is 0 Å². The molecule has 0 aliphatic carbocycles. The second kappa shape index (κ2) is 14.5. The molecule has 23 heavy (non-hydrogen) atoms. The molecule has 132 valence electrons. The highest BCUT2D eigenvalue weighted by Gasteiger charge is 2.04. The van der Waals surface area contributed by atoms with E-state index in [0.29, 0.717) is 25.6 Å². The Hall–Kier alpha value is -1.09. The summed E-state index contributed by atoms with van der Waals surface area (Å²) in [4.78, 5) is 8.84. The van der Waals surface area contributed by atoms with E-state index in [4.69, 9.17) is 9.47 Å². The van der Waals surface area contributed by atoms with E-state index in [-0.39, 0.29) is 24.0 Å². The minimum Gasteiger partial charge on any atom is -0.477 e. The van der Waals surface area contributed by atoms with Crippen LogP contribution in [-0.4, -0.2) is 43.9 Å². The Bertz CT molecular complexity index is 444. The Balaban J connectivity index is 0.00000484. The average molecular weight is 436 g/mol. The van der Waals surface area contributed by atoms with Gasteiger partial charge in [-0.3, -0.25) is 0 Å². The SMILES string of the molecule is CCCOc1ncccc1CN=C(NCC)NCCOCC.I. The first-order chi connectivity index (χ1) is 10.8. The summed E-state index contributed by atoms with van der Waals surface area (Å²) < 4.78 is 11.0. The fourth-order valence-corrected chi connectivity index (χ4v) is 1.77. The monoisotopic (exact) mass is 436 g/mol. The lowest BCUT2D eigenvalue weighted by Crippen LogP contribution is -2.39. The van der Waals surface area contributed by atoms with Crippen molar-refractivity contribution in [2.24, 2.45) is 4.99 Å². The largest absolute Gasteiger partial charge is 0.477 e. The average Bonchev–Trinajstić information content (AvgIpc) is 2.55. The molecule has 1 rings (SSSR count). The van der Waals surface area contributed by atoms with Crippen molar-refractivity contribution in [3.8, 4) is 5.88 Å². The van der Waals surface area contributed by atoms with Crippen LogP contribution in [0.2, 0.25) is 0 Å². The molecule has 0 aliphatic rings. The van der Waals surface area contributed by atoms with E-state index < -0.39 is 0 Å². The van der Waals surface area contributed by atoms with Crippen molar-refractivity contribution in [2.75, 3.05) is 32.9 Å². The van der Waals surface area contributed by atoms with E-state index in [9.17, 15) is 0 Å². The van der Waals surface area contributed by atoms with Crippen LogP contribution in [0.25, 0.3) is 0 Å². The van der Waals surface area contributed by atoms with Crippen LogP contribution in [0.3, 0.4) is 0 Å². The Labute approximate surface area is 156 Å². The van der Waals surface area contributed by atoms with Crippen molar-refractivity contribution in [1.82, 2.24) is 15.6 Å². The van der Waals surface area contributed by atoms with E-state index in [2.05, 4.69) is 27.5 Å². The molecule has 0 unspecified atom stereocenters. The molecule has 0 atom stereocenters. The molecule has 1 aromatic heterocycles. The zero-order chi connectivity index (χ0) is 16.0. The van der Waals surface area contributed by atoms with Crippen LogP contribution >= 0.6 is 24.0 Å². The molecule has 1 heterocycles. The summed E-state index contributed by atoms with van der Waals surface area (Å²) in [6.07, 6.45) is 2.70. The molecular weight excluding hydrogens is 407 g/mol. The highest BCUT2D eigenvalue weighted by molar-refractivity contribution is 14.0. The van der Waals surface area contributed by atoms with Crippen LogP contribution < -0.4 is 15.4 Å². The lowest BCUT2D eigenvalue weighted by molar-refractivity contribution is 0.152. The molecule has 6 nitrogen and oxygen atoms in total. The Kier molecular flexibility index (Phi) is 13.8. The number of hydrogen-bond acceptors (Lipinski definition) is 4. The highest BCUT2D eigenvalue weighted by Crippen LogP contribution is 2.15. The third kappa shape index (κ3) is 9.60. The summed E-state index contributed by atoms with van der Waals surface area (Å²) in [5.74, 6) is 1.44. The second-order valence-electron chi connectivity index (χ2n) is 4.64. The van der Waals surface area contributed by atoms with Gasteiger partial charge in [0.15, 0.2) is 5.96 Å². The fourth-order valence-electron chi connectivity index (χ4n) is 1.77. The summed E-state index contributed by atoms with van der Waals surface area (Å²) in [5.41, 5.74) is 0.984. The number of guanidine groups is 1. The van der Waals surface area contributed by atoms with Crippen LogP contribution in [0.15, 0.2) is 23.3 Å². The topological polar surface area (TPSA) is 67.8 Å². The van der Waals surface area contributed by atoms with Crippen LogP contribution in [0, 0.1) is 0 Å². The van der Waals surface area contributed by atoms with Gasteiger partial charge < -0.3 is 20.1 Å². The maximum atomic E-state index is 5.65. The molecule has 0 spiro atoms. The Morgan fingerprint density at radius 1 is 1.22 bits per heavy atom. The van der Waals surface area contributed by atoms with E-state index >= 15 is 0 Å². The molecule has 1 aromatic rings. The minimum atomic E-state index is 0. The van der Waals surface area contributed by atoms with E-state index in [0.717, 1.165) is 37.6 Å². The molecule has 0 radical (unpaired) electrons. The summed E-state index contributed by atoms with van der Waals surface area (Å²) in [6.45, 7) is 10.2. The van der Waals surface area contributed by atoms with Gasteiger partial charge in [-0.15, -0.1) is 24.0 Å². The van der Waals surface area contributed by atoms with Gasteiger partial charge in [-0.05, 0) is 26.3 Å². The lowest BCUT2D eigenvalue weighted by atomic mass is 10.3. The number of nitrogens with zero attached hydrogens (tertiary/aromatic N) is 2. The van der Waals surface area contributed by atoms with Crippen LogP contribution in [0.1, 0.15) is 32.8 Å². The first kappa shape index (κ1) is 21.9. The van der Waals surface area contributed by atoms with E-state index in [1.165, 1.54) is 0 Å². The summed E-state index contributed by atoms with van der Waals surface area (Å²) >= 11 is 0. The molecule has 0 aliphatic heterocycles. The molecule has 0 bridgehead atoms. The zero-order valence-corrected chi connectivity index (χ0v) is 16.6. The molecular formula is C16H29IN4O2. The van der Waals surface area contributed by atoms with Gasteiger partial charge in [-0.1, -0.05) is 13.0 Å². The number of ether oxygens (including phenoxy) is 2. The standard InChI is InChI=1S/C16H28N4O2.HI/c1-4-11-22-15-14(8-7-9-18-15)13-20-16(17-5-2)19-10-12-21-6-3;/h7-9H,4-6,10-13H2,1-3H3,(H2,17,19,20);1H. The molecule has 0 fully saturated rings. The number of pyridine rings is 1. The number of nitrogens with one attached hydrogen (secondary N) is 2. The first-order valence-corrected chi connectivity index (χ1v) is 7.98. The molecule has 2 N–H and O–H groups in total. The van der Waals surface area contributed by atoms with Gasteiger partial charge in [-0.2, -0.15) is 0 Å². The predicted molar refractivity (Wildman–Crippen MR) is 105 cm³/mol. The molecule has 7 heteroatoms. The van der Waals surface area contributed by atoms with Gasteiger partial charge >= 0.3 is 0 Å². The van der Waals surface area contributed by atoms with Crippen molar-refractivity contribution in [1.29, 1.82) is 0 Å². The zero-order valence-electron chi connectivity index (χ0n) is 14.3. The number of halogens is 1. The van der Waals surface area contributed by atoms with Gasteiger partial charge in [0, 0.05) is 31.5 Å². The third-order valence-electron chi connectivity index (χ3n) is 2.79. The van der Waals surface area contributed by atoms with E-state index in [1.54, 1.807) is 6.20 Å². The molecule has 0 saturated heterocycles. The van der Waals surface area contributed by atoms with Crippen molar-refractivity contribution in [3.05, 3.63) is 23.9 Å². The summed E-state index contributed by atoms with van der Waals surface area (Å²) in [7, 11) is 0.